The number of thiophene rings is 1. The van der Waals surface area contributed by atoms with Crippen molar-refractivity contribution in [1.82, 2.24) is 15.1 Å². The number of hydrogen-bond acceptors (Lipinski definition) is 4. The summed E-state index contributed by atoms with van der Waals surface area (Å²) < 4.78 is 0. The molecule has 0 radical (unpaired) electrons. The highest BCUT2D eigenvalue weighted by molar-refractivity contribution is 7.10. The molecule has 1 aliphatic heterocycles. The number of primary amides is 1. The standard InChI is InChI=1S/C16H20N4O2S/c1-10(14-5-3-7-23-14)16(22)20-6-2-4-11(9-20)12-8-13(15(17)21)19-18-12/h3,5,7-8,10-11H,2,4,6,9H2,1H3,(H2,17,21)(H,18,19)/t10-,11+/m0/s1. The van der Waals surface area contributed by atoms with Gasteiger partial charge in [-0.25, -0.2) is 0 Å². The first-order valence-corrected chi connectivity index (χ1v) is 8.61. The molecule has 3 heterocycles. The first-order chi connectivity index (χ1) is 11.1. The molecule has 3 N–H and O–H groups in total. The lowest BCUT2D eigenvalue weighted by molar-refractivity contribution is -0.133. The Bertz CT molecular complexity index is 695. The third kappa shape index (κ3) is 3.29. The van der Waals surface area contributed by atoms with Gasteiger partial charge in [0.2, 0.25) is 5.91 Å². The van der Waals surface area contributed by atoms with E-state index in [1.165, 1.54) is 0 Å². The van der Waals surface area contributed by atoms with E-state index >= 15 is 0 Å². The fourth-order valence-electron chi connectivity index (χ4n) is 3.04. The van der Waals surface area contributed by atoms with Gasteiger partial charge >= 0.3 is 0 Å². The summed E-state index contributed by atoms with van der Waals surface area (Å²) in [7, 11) is 0. The molecule has 23 heavy (non-hydrogen) atoms. The summed E-state index contributed by atoms with van der Waals surface area (Å²) in [6, 6.07) is 5.67. The van der Waals surface area contributed by atoms with Gasteiger partial charge in [-0.3, -0.25) is 14.7 Å². The number of nitrogens with one attached hydrogen (secondary N) is 1. The topological polar surface area (TPSA) is 92.1 Å². The van der Waals surface area contributed by atoms with E-state index in [1.54, 1.807) is 17.4 Å². The molecule has 2 aromatic heterocycles. The molecule has 6 nitrogen and oxygen atoms in total. The van der Waals surface area contributed by atoms with Gasteiger partial charge in [0.15, 0.2) is 0 Å². The van der Waals surface area contributed by atoms with Crippen LogP contribution in [0.4, 0.5) is 0 Å². The summed E-state index contributed by atoms with van der Waals surface area (Å²) in [5.74, 6) is -0.324. The summed E-state index contributed by atoms with van der Waals surface area (Å²) in [6.45, 7) is 3.38. The Hall–Kier alpha value is -2.15. The summed E-state index contributed by atoms with van der Waals surface area (Å²) in [5, 5.41) is 8.82. The number of nitrogens with zero attached hydrogens (tertiary/aromatic N) is 2. The van der Waals surface area contributed by atoms with Gasteiger partial charge in [0.05, 0.1) is 5.92 Å². The fourth-order valence-corrected chi connectivity index (χ4v) is 3.81. The average molecular weight is 332 g/mol. The van der Waals surface area contributed by atoms with Crippen LogP contribution >= 0.6 is 11.3 Å². The maximum atomic E-state index is 12.7. The SMILES string of the molecule is C[C@H](C(=O)N1CCC[C@@H](c2cc(C(N)=O)n[nH]2)C1)c1cccs1. The van der Waals surface area contributed by atoms with E-state index < -0.39 is 5.91 Å². The molecule has 1 aliphatic rings. The number of piperidine rings is 1. The minimum Gasteiger partial charge on any atom is -0.364 e. The van der Waals surface area contributed by atoms with E-state index in [4.69, 9.17) is 5.73 Å². The number of nitrogens with two attached hydrogens (primary N) is 1. The molecule has 3 rings (SSSR count). The van der Waals surface area contributed by atoms with Crippen LogP contribution in [0.3, 0.4) is 0 Å². The van der Waals surface area contributed by atoms with Gasteiger partial charge in [0, 0.05) is 29.6 Å². The van der Waals surface area contributed by atoms with E-state index in [-0.39, 0.29) is 23.4 Å². The minimum absolute atomic E-state index is 0.114. The second kappa shape index (κ2) is 6.54. The highest BCUT2D eigenvalue weighted by atomic mass is 32.1. The van der Waals surface area contributed by atoms with Crippen molar-refractivity contribution >= 4 is 23.2 Å². The van der Waals surface area contributed by atoms with Crippen molar-refractivity contribution in [2.24, 2.45) is 5.73 Å². The van der Waals surface area contributed by atoms with Crippen molar-refractivity contribution in [3.05, 3.63) is 39.8 Å². The quantitative estimate of drug-likeness (QED) is 0.898. The van der Waals surface area contributed by atoms with Crippen LogP contribution < -0.4 is 5.73 Å². The van der Waals surface area contributed by atoms with Crippen LogP contribution in [0.15, 0.2) is 23.6 Å². The molecule has 0 bridgehead atoms. The second-order valence-electron chi connectivity index (χ2n) is 5.93. The summed E-state index contributed by atoms with van der Waals surface area (Å²) in [6.07, 6.45) is 1.91. The monoisotopic (exact) mass is 332 g/mol. The lowest BCUT2D eigenvalue weighted by Gasteiger charge is -2.33. The summed E-state index contributed by atoms with van der Waals surface area (Å²) >= 11 is 1.61. The number of rotatable bonds is 4. The van der Waals surface area contributed by atoms with Gasteiger partial charge < -0.3 is 10.6 Å². The predicted octanol–water partition coefficient (Wildman–Crippen LogP) is 2.08. The van der Waals surface area contributed by atoms with E-state index in [2.05, 4.69) is 10.2 Å². The molecule has 2 aromatic rings. The van der Waals surface area contributed by atoms with E-state index in [0.717, 1.165) is 30.0 Å². The second-order valence-corrected chi connectivity index (χ2v) is 6.91. The zero-order chi connectivity index (χ0) is 16.4. The molecule has 0 aromatic carbocycles. The van der Waals surface area contributed by atoms with Crippen molar-refractivity contribution in [2.75, 3.05) is 13.1 Å². The predicted molar refractivity (Wildman–Crippen MR) is 88.4 cm³/mol. The maximum absolute atomic E-state index is 12.7. The van der Waals surface area contributed by atoms with E-state index in [0.29, 0.717) is 6.54 Å². The number of aromatic nitrogens is 2. The molecule has 122 valence electrons. The van der Waals surface area contributed by atoms with E-state index in [9.17, 15) is 9.59 Å². The number of aromatic amines is 1. The van der Waals surface area contributed by atoms with Gasteiger partial charge in [-0.15, -0.1) is 11.3 Å². The Balaban J connectivity index is 1.70. The van der Waals surface area contributed by atoms with Crippen molar-refractivity contribution in [3.63, 3.8) is 0 Å². The van der Waals surface area contributed by atoms with Crippen LogP contribution in [0.5, 0.6) is 0 Å². The Morgan fingerprint density at radius 1 is 1.52 bits per heavy atom. The molecular weight excluding hydrogens is 312 g/mol. The zero-order valence-electron chi connectivity index (χ0n) is 13.0. The Morgan fingerprint density at radius 3 is 3.00 bits per heavy atom. The lowest BCUT2D eigenvalue weighted by atomic mass is 9.93. The van der Waals surface area contributed by atoms with Crippen LogP contribution in [0.2, 0.25) is 0 Å². The van der Waals surface area contributed by atoms with Crippen LogP contribution in [0.25, 0.3) is 0 Å². The van der Waals surface area contributed by atoms with Gasteiger partial charge in [-0.2, -0.15) is 5.10 Å². The Labute approximate surface area is 138 Å². The van der Waals surface area contributed by atoms with Gasteiger partial charge in [0.1, 0.15) is 5.69 Å². The smallest absolute Gasteiger partial charge is 0.269 e. The highest BCUT2D eigenvalue weighted by Gasteiger charge is 2.29. The number of carbonyl (C=O) groups is 2. The Kier molecular flexibility index (Phi) is 4.47. The van der Waals surface area contributed by atoms with Gasteiger partial charge in [-0.05, 0) is 37.3 Å². The van der Waals surface area contributed by atoms with Crippen molar-refractivity contribution in [1.29, 1.82) is 0 Å². The van der Waals surface area contributed by atoms with E-state index in [1.807, 2.05) is 29.3 Å². The molecule has 0 unspecified atom stereocenters. The third-order valence-corrected chi connectivity index (χ3v) is 5.42. The lowest BCUT2D eigenvalue weighted by Crippen LogP contribution is -2.41. The third-order valence-electron chi connectivity index (χ3n) is 4.36. The first kappa shape index (κ1) is 15.7. The number of H-pyrrole nitrogens is 1. The van der Waals surface area contributed by atoms with Crippen molar-refractivity contribution in [2.45, 2.75) is 31.6 Å². The molecular formula is C16H20N4O2S. The normalized spacial score (nSPS) is 19.5. The van der Waals surface area contributed by atoms with Crippen LogP contribution in [-0.4, -0.2) is 40.0 Å². The van der Waals surface area contributed by atoms with Gasteiger partial charge in [0.25, 0.3) is 5.91 Å². The molecule has 1 fully saturated rings. The average Bonchev–Trinajstić information content (AvgIpc) is 3.25. The number of likely N-dealkylation sites (tertiary alicyclic amines) is 1. The molecule has 0 aliphatic carbocycles. The van der Waals surface area contributed by atoms with Crippen LogP contribution in [-0.2, 0) is 4.79 Å². The van der Waals surface area contributed by atoms with Crippen LogP contribution in [0, 0.1) is 0 Å². The number of carbonyl (C=O) groups excluding carboxylic acids is 2. The molecule has 2 atom stereocenters. The Morgan fingerprint density at radius 2 is 2.35 bits per heavy atom. The number of amides is 2. The minimum atomic E-state index is -0.539. The molecule has 2 amide bonds. The highest BCUT2D eigenvalue weighted by Crippen LogP contribution is 2.29. The first-order valence-electron chi connectivity index (χ1n) is 7.73. The van der Waals surface area contributed by atoms with Crippen molar-refractivity contribution < 1.29 is 9.59 Å². The molecule has 1 saturated heterocycles. The molecule has 0 spiro atoms. The largest absolute Gasteiger partial charge is 0.364 e. The zero-order valence-corrected chi connectivity index (χ0v) is 13.8. The summed E-state index contributed by atoms with van der Waals surface area (Å²) in [5.41, 5.74) is 6.36. The van der Waals surface area contributed by atoms with Crippen LogP contribution in [0.1, 0.15) is 52.7 Å². The molecule has 0 saturated carbocycles. The fraction of sp³-hybridized carbons (Fsp3) is 0.438. The van der Waals surface area contributed by atoms with Gasteiger partial charge in [-0.1, -0.05) is 6.07 Å². The number of hydrogen-bond donors (Lipinski definition) is 2. The summed E-state index contributed by atoms with van der Waals surface area (Å²) in [4.78, 5) is 26.9. The maximum Gasteiger partial charge on any atom is 0.269 e. The van der Waals surface area contributed by atoms with Crippen molar-refractivity contribution in [3.8, 4) is 0 Å². The molecule has 7 heteroatoms.